The van der Waals surface area contributed by atoms with E-state index in [0.29, 0.717) is 0 Å². The molecular weight excluding hydrogens is 234 g/mol. The largest absolute Gasteiger partial charge is 0.387 e. The third kappa shape index (κ3) is 4.05. The monoisotopic (exact) mass is 261 g/mol. The second-order valence-electron chi connectivity index (χ2n) is 5.94. The van der Waals surface area contributed by atoms with Gasteiger partial charge in [-0.1, -0.05) is 31.5 Å². The predicted molar refractivity (Wildman–Crippen MR) is 80.4 cm³/mol. The van der Waals surface area contributed by atoms with Gasteiger partial charge in [-0.05, 0) is 56.3 Å². The molecule has 0 spiro atoms. The fourth-order valence-corrected chi connectivity index (χ4v) is 2.52. The van der Waals surface area contributed by atoms with E-state index in [-0.39, 0.29) is 6.10 Å². The second-order valence-corrected chi connectivity index (χ2v) is 5.94. The van der Waals surface area contributed by atoms with Crippen molar-refractivity contribution in [2.45, 2.75) is 58.6 Å². The van der Waals surface area contributed by atoms with Gasteiger partial charge in [0.2, 0.25) is 0 Å². The van der Waals surface area contributed by atoms with E-state index in [2.05, 4.69) is 43.9 Å². The van der Waals surface area contributed by atoms with Crippen molar-refractivity contribution < 1.29 is 5.11 Å². The molecule has 2 heteroatoms. The molecule has 2 nitrogen and oxygen atoms in total. The van der Waals surface area contributed by atoms with Crippen LogP contribution in [0.2, 0.25) is 0 Å². The first-order valence-corrected chi connectivity index (χ1v) is 7.61. The number of rotatable bonds is 7. The number of aliphatic hydroxyl groups is 1. The molecule has 2 rings (SSSR count). The fraction of sp³-hybridized carbons (Fsp3) is 0.647. The van der Waals surface area contributed by atoms with Crippen LogP contribution in [0.3, 0.4) is 0 Å². The minimum absolute atomic E-state index is 0.350. The number of hydrogen-bond donors (Lipinski definition) is 1. The van der Waals surface area contributed by atoms with Gasteiger partial charge in [0.25, 0.3) is 0 Å². The van der Waals surface area contributed by atoms with Crippen LogP contribution in [0.5, 0.6) is 0 Å². The number of aliphatic hydroxyl groups excluding tert-OH is 1. The average Bonchev–Trinajstić information content (AvgIpc) is 3.21. The summed E-state index contributed by atoms with van der Waals surface area (Å²) in [4.78, 5) is 2.48. The molecule has 0 amide bonds. The van der Waals surface area contributed by atoms with Crippen molar-refractivity contribution in [1.82, 2.24) is 4.90 Å². The Morgan fingerprint density at radius 1 is 1.26 bits per heavy atom. The third-order valence-corrected chi connectivity index (χ3v) is 4.19. The van der Waals surface area contributed by atoms with Gasteiger partial charge in [0.05, 0.1) is 6.10 Å². The molecule has 106 valence electrons. The molecule has 1 fully saturated rings. The van der Waals surface area contributed by atoms with E-state index in [0.717, 1.165) is 24.7 Å². The molecule has 0 bridgehead atoms. The smallest absolute Gasteiger partial charge is 0.0917 e. The molecule has 0 aromatic heterocycles. The van der Waals surface area contributed by atoms with Crippen molar-refractivity contribution >= 4 is 0 Å². The normalized spacial score (nSPS) is 16.9. The SMILES string of the molecule is CCCCN(CC(O)c1ccc(C)c(C)c1)C1CC1. The van der Waals surface area contributed by atoms with E-state index in [1.807, 2.05) is 0 Å². The summed E-state index contributed by atoms with van der Waals surface area (Å²) in [7, 11) is 0. The Balaban J connectivity index is 1.97. The fourth-order valence-electron chi connectivity index (χ4n) is 2.52. The predicted octanol–water partition coefficient (Wildman–Crippen LogP) is 3.60. The van der Waals surface area contributed by atoms with Crippen molar-refractivity contribution in [3.63, 3.8) is 0 Å². The Morgan fingerprint density at radius 3 is 2.58 bits per heavy atom. The van der Waals surface area contributed by atoms with Crippen LogP contribution in [0.25, 0.3) is 0 Å². The molecule has 1 atom stereocenters. The van der Waals surface area contributed by atoms with Crippen LogP contribution in [-0.2, 0) is 0 Å². The summed E-state index contributed by atoms with van der Waals surface area (Å²) in [6.45, 7) is 8.37. The molecule has 1 saturated carbocycles. The van der Waals surface area contributed by atoms with Crippen LogP contribution in [0, 0.1) is 13.8 Å². The average molecular weight is 261 g/mol. The molecule has 0 saturated heterocycles. The summed E-state index contributed by atoms with van der Waals surface area (Å²) in [5, 5.41) is 10.4. The summed E-state index contributed by atoms with van der Waals surface area (Å²) in [5.74, 6) is 0. The third-order valence-electron chi connectivity index (χ3n) is 4.19. The van der Waals surface area contributed by atoms with Gasteiger partial charge in [-0.25, -0.2) is 0 Å². The van der Waals surface area contributed by atoms with Crippen LogP contribution in [0.4, 0.5) is 0 Å². The minimum Gasteiger partial charge on any atom is -0.387 e. The molecule has 0 heterocycles. The lowest BCUT2D eigenvalue weighted by atomic mass is 10.0. The number of nitrogens with zero attached hydrogens (tertiary/aromatic N) is 1. The van der Waals surface area contributed by atoms with Crippen molar-refractivity contribution in [2.75, 3.05) is 13.1 Å². The molecule has 1 aliphatic rings. The summed E-state index contributed by atoms with van der Waals surface area (Å²) >= 11 is 0. The zero-order valence-electron chi connectivity index (χ0n) is 12.5. The van der Waals surface area contributed by atoms with Crippen LogP contribution < -0.4 is 0 Å². The Morgan fingerprint density at radius 2 is 2.00 bits per heavy atom. The van der Waals surface area contributed by atoms with Gasteiger partial charge in [-0.2, -0.15) is 0 Å². The van der Waals surface area contributed by atoms with Crippen molar-refractivity contribution in [1.29, 1.82) is 0 Å². The Kier molecular flexibility index (Phi) is 5.00. The van der Waals surface area contributed by atoms with Crippen LogP contribution in [-0.4, -0.2) is 29.1 Å². The maximum atomic E-state index is 10.4. The summed E-state index contributed by atoms with van der Waals surface area (Å²) < 4.78 is 0. The first kappa shape index (κ1) is 14.5. The molecule has 19 heavy (non-hydrogen) atoms. The lowest BCUT2D eigenvalue weighted by molar-refractivity contribution is 0.107. The van der Waals surface area contributed by atoms with Crippen LogP contribution in [0.15, 0.2) is 18.2 Å². The maximum absolute atomic E-state index is 10.4. The topological polar surface area (TPSA) is 23.5 Å². The molecule has 1 unspecified atom stereocenters. The van der Waals surface area contributed by atoms with Gasteiger partial charge in [-0.15, -0.1) is 0 Å². The summed E-state index contributed by atoms with van der Waals surface area (Å²) in [5.41, 5.74) is 3.62. The standard InChI is InChI=1S/C17H27NO/c1-4-5-10-18(16-8-9-16)12-17(19)15-7-6-13(2)14(3)11-15/h6-7,11,16-17,19H,4-5,8-10,12H2,1-3H3. The number of hydrogen-bond acceptors (Lipinski definition) is 2. The molecule has 0 aliphatic heterocycles. The lowest BCUT2D eigenvalue weighted by Crippen LogP contribution is -2.31. The van der Waals surface area contributed by atoms with E-state index in [1.165, 1.54) is 36.8 Å². The van der Waals surface area contributed by atoms with Gasteiger partial charge < -0.3 is 5.11 Å². The van der Waals surface area contributed by atoms with Gasteiger partial charge in [0.15, 0.2) is 0 Å². The van der Waals surface area contributed by atoms with Gasteiger partial charge >= 0.3 is 0 Å². The Labute approximate surface area is 117 Å². The molecular formula is C17H27NO. The number of benzene rings is 1. The highest BCUT2D eigenvalue weighted by molar-refractivity contribution is 5.31. The Hall–Kier alpha value is -0.860. The van der Waals surface area contributed by atoms with Crippen LogP contribution >= 0.6 is 0 Å². The summed E-state index contributed by atoms with van der Waals surface area (Å²) in [6.07, 6.45) is 4.72. The molecule has 1 aromatic rings. The van der Waals surface area contributed by atoms with Gasteiger partial charge in [0.1, 0.15) is 0 Å². The zero-order chi connectivity index (χ0) is 13.8. The molecule has 1 N–H and O–H groups in total. The number of unbranched alkanes of at least 4 members (excludes halogenated alkanes) is 1. The number of aryl methyl sites for hydroxylation is 2. The van der Waals surface area contributed by atoms with Crippen LogP contribution in [0.1, 0.15) is 55.4 Å². The highest BCUT2D eigenvalue weighted by Gasteiger charge is 2.29. The van der Waals surface area contributed by atoms with E-state index in [9.17, 15) is 5.11 Å². The first-order valence-electron chi connectivity index (χ1n) is 7.61. The van der Waals surface area contributed by atoms with E-state index in [1.54, 1.807) is 0 Å². The van der Waals surface area contributed by atoms with Gasteiger partial charge in [-0.3, -0.25) is 4.90 Å². The highest BCUT2D eigenvalue weighted by atomic mass is 16.3. The van der Waals surface area contributed by atoms with E-state index in [4.69, 9.17) is 0 Å². The first-order chi connectivity index (χ1) is 9.11. The van der Waals surface area contributed by atoms with Gasteiger partial charge in [0, 0.05) is 12.6 Å². The van der Waals surface area contributed by atoms with Crippen molar-refractivity contribution in [2.24, 2.45) is 0 Å². The molecule has 0 radical (unpaired) electrons. The van der Waals surface area contributed by atoms with Crippen molar-refractivity contribution in [3.05, 3.63) is 34.9 Å². The van der Waals surface area contributed by atoms with E-state index >= 15 is 0 Å². The summed E-state index contributed by atoms with van der Waals surface area (Å²) in [6, 6.07) is 7.04. The quantitative estimate of drug-likeness (QED) is 0.810. The van der Waals surface area contributed by atoms with Crippen molar-refractivity contribution in [3.8, 4) is 0 Å². The minimum atomic E-state index is -0.350. The maximum Gasteiger partial charge on any atom is 0.0917 e. The van der Waals surface area contributed by atoms with E-state index < -0.39 is 0 Å². The highest BCUT2D eigenvalue weighted by Crippen LogP contribution is 2.29. The lowest BCUT2D eigenvalue weighted by Gasteiger charge is -2.25. The second kappa shape index (κ2) is 6.53. The molecule has 1 aliphatic carbocycles. The molecule has 1 aromatic carbocycles. The Bertz CT molecular complexity index is 412. The zero-order valence-corrected chi connectivity index (χ0v) is 12.5.